The lowest BCUT2D eigenvalue weighted by Crippen LogP contribution is -2.76. The van der Waals surface area contributed by atoms with Gasteiger partial charge < -0.3 is 4.74 Å². The van der Waals surface area contributed by atoms with Crippen molar-refractivity contribution in [3.8, 4) is 5.75 Å². The second-order valence-corrected chi connectivity index (χ2v) is 6.68. The molecule has 5 nitrogen and oxygen atoms in total. The molecule has 0 atom stereocenters. The van der Waals surface area contributed by atoms with E-state index < -0.39 is 0 Å². The van der Waals surface area contributed by atoms with Gasteiger partial charge in [0.15, 0.2) is 0 Å². The average Bonchev–Trinajstić information content (AvgIpc) is 2.49. The molecule has 4 fully saturated rings. The minimum absolute atomic E-state index is 0.203. The maximum absolute atomic E-state index is 13.6. The third-order valence-corrected chi connectivity index (χ3v) is 5.14. The quantitative estimate of drug-likeness (QED) is 0.779. The fourth-order valence-electron chi connectivity index (χ4n) is 4.28. The van der Waals surface area contributed by atoms with Crippen LogP contribution in [-0.2, 0) is 0 Å². The van der Waals surface area contributed by atoms with Crippen molar-refractivity contribution in [2.45, 2.75) is 13.1 Å². The number of halogens is 1. The molecular weight excluding hydrogens is 283 g/mol. The number of nitrogens with zero attached hydrogens (tertiary/aromatic N) is 4. The molecule has 0 N–H and O–H groups in total. The van der Waals surface area contributed by atoms with Crippen LogP contribution in [0, 0.1) is 5.82 Å². The van der Waals surface area contributed by atoms with Gasteiger partial charge >= 0.3 is 0 Å². The first-order valence-electron chi connectivity index (χ1n) is 7.74. The van der Waals surface area contributed by atoms with Crippen molar-refractivity contribution >= 4 is 5.57 Å². The summed E-state index contributed by atoms with van der Waals surface area (Å²) in [4.78, 5) is 9.83. The molecule has 22 heavy (non-hydrogen) atoms. The molecular formula is C16H19FN4O. The average molecular weight is 302 g/mol. The highest BCUT2D eigenvalue weighted by Crippen LogP contribution is 2.39. The van der Waals surface area contributed by atoms with Crippen molar-refractivity contribution in [3.63, 3.8) is 0 Å². The zero-order valence-corrected chi connectivity index (χ0v) is 12.6. The van der Waals surface area contributed by atoms with Gasteiger partial charge in [0, 0.05) is 11.1 Å². The van der Waals surface area contributed by atoms with Gasteiger partial charge in [-0.15, -0.1) is 0 Å². The Morgan fingerprint density at radius 2 is 1.73 bits per heavy atom. The maximum atomic E-state index is 13.6. The fourth-order valence-corrected chi connectivity index (χ4v) is 4.28. The van der Waals surface area contributed by atoms with Crippen molar-refractivity contribution in [2.24, 2.45) is 0 Å². The van der Waals surface area contributed by atoms with Gasteiger partial charge in [-0.1, -0.05) is 0 Å². The van der Waals surface area contributed by atoms with Crippen molar-refractivity contribution in [2.75, 3.05) is 40.0 Å². The van der Waals surface area contributed by atoms with E-state index >= 15 is 0 Å². The van der Waals surface area contributed by atoms with Crippen molar-refractivity contribution < 1.29 is 9.13 Å². The third-order valence-electron chi connectivity index (χ3n) is 5.14. The molecule has 0 spiro atoms. The van der Waals surface area contributed by atoms with Gasteiger partial charge in [-0.2, -0.15) is 0 Å². The second kappa shape index (κ2) is 4.52. The molecule has 0 aliphatic carbocycles. The Hall–Kier alpha value is -1.47. The molecule has 0 unspecified atom stereocenters. The van der Waals surface area contributed by atoms with Gasteiger partial charge in [0.05, 0.1) is 39.5 Å². The predicted molar refractivity (Wildman–Crippen MR) is 80.0 cm³/mol. The van der Waals surface area contributed by atoms with E-state index in [0.717, 1.165) is 44.7 Å². The molecule has 5 heterocycles. The molecule has 5 aliphatic heterocycles. The van der Waals surface area contributed by atoms with Crippen LogP contribution in [0.3, 0.4) is 0 Å². The van der Waals surface area contributed by atoms with Crippen LogP contribution in [0.15, 0.2) is 23.8 Å². The van der Waals surface area contributed by atoms with E-state index in [1.54, 1.807) is 12.1 Å². The normalized spacial score (nSPS) is 38.9. The van der Waals surface area contributed by atoms with E-state index in [1.165, 1.54) is 17.2 Å². The highest BCUT2D eigenvalue weighted by Gasteiger charge is 2.45. The first-order valence-corrected chi connectivity index (χ1v) is 7.74. The highest BCUT2D eigenvalue weighted by molar-refractivity contribution is 5.74. The monoisotopic (exact) mass is 302 g/mol. The van der Waals surface area contributed by atoms with Gasteiger partial charge in [-0.05, 0) is 30.7 Å². The summed E-state index contributed by atoms with van der Waals surface area (Å²) < 4.78 is 19.5. The van der Waals surface area contributed by atoms with Crippen LogP contribution in [0.4, 0.5) is 4.39 Å². The van der Waals surface area contributed by atoms with Gasteiger partial charge in [0.2, 0.25) is 0 Å². The van der Waals surface area contributed by atoms with Crippen LogP contribution in [0.1, 0.15) is 12.5 Å². The van der Waals surface area contributed by atoms with E-state index in [0.29, 0.717) is 6.61 Å². The van der Waals surface area contributed by atoms with Gasteiger partial charge in [0.1, 0.15) is 18.2 Å². The lowest BCUT2D eigenvalue weighted by Gasteiger charge is -2.61. The number of hydrogen-bond acceptors (Lipinski definition) is 5. The lowest BCUT2D eigenvalue weighted by atomic mass is 9.95. The van der Waals surface area contributed by atoms with E-state index in [-0.39, 0.29) is 12.0 Å². The first kappa shape index (κ1) is 13.0. The SMILES string of the molecule is CC1=C(C2N3CN4CN(C3)CN2C4)COc2ccc(F)cc21. The number of benzene rings is 1. The molecule has 1 aromatic rings. The van der Waals surface area contributed by atoms with Crippen LogP contribution in [0.5, 0.6) is 5.75 Å². The minimum atomic E-state index is -0.203. The van der Waals surface area contributed by atoms with Crippen LogP contribution in [-0.4, -0.2) is 65.7 Å². The summed E-state index contributed by atoms with van der Waals surface area (Å²) in [6.45, 7) is 7.79. The largest absolute Gasteiger partial charge is 0.488 e. The molecule has 4 saturated heterocycles. The molecule has 5 aliphatic rings. The molecule has 0 amide bonds. The standard InChI is InChI=1S/C16H19FN4O/c1-11-13-4-12(17)2-3-15(13)22-5-14(11)16-20-7-18-6-19(9-20)10-21(16)8-18/h2-4,16H,5-10H2,1H3. The lowest BCUT2D eigenvalue weighted by molar-refractivity contribution is -0.221. The summed E-state index contributed by atoms with van der Waals surface area (Å²) in [5.74, 6) is 0.592. The van der Waals surface area contributed by atoms with Gasteiger partial charge in [0.25, 0.3) is 0 Å². The van der Waals surface area contributed by atoms with Crippen molar-refractivity contribution in [3.05, 3.63) is 35.2 Å². The van der Waals surface area contributed by atoms with Crippen molar-refractivity contribution in [1.82, 2.24) is 19.6 Å². The molecule has 1 aromatic carbocycles. The summed E-state index contributed by atoms with van der Waals surface area (Å²) in [7, 11) is 0. The Kier molecular flexibility index (Phi) is 2.67. The third kappa shape index (κ3) is 1.78. The summed E-state index contributed by atoms with van der Waals surface area (Å²) >= 11 is 0. The highest BCUT2D eigenvalue weighted by atomic mass is 19.1. The smallest absolute Gasteiger partial charge is 0.127 e. The van der Waals surface area contributed by atoms with Gasteiger partial charge in [-0.25, -0.2) is 4.39 Å². The molecule has 6 heteroatoms. The predicted octanol–water partition coefficient (Wildman–Crippen LogP) is 1.35. The zero-order valence-electron chi connectivity index (χ0n) is 12.6. The Balaban J connectivity index is 1.56. The number of rotatable bonds is 1. The van der Waals surface area contributed by atoms with Gasteiger partial charge in [-0.3, -0.25) is 19.6 Å². The van der Waals surface area contributed by atoms with Crippen molar-refractivity contribution in [1.29, 1.82) is 0 Å². The summed E-state index contributed by atoms with van der Waals surface area (Å²) in [6, 6.07) is 4.80. The molecule has 0 aromatic heterocycles. The Labute approximate surface area is 129 Å². The number of ether oxygens (including phenoxy) is 1. The molecule has 0 radical (unpaired) electrons. The molecule has 0 saturated carbocycles. The second-order valence-electron chi connectivity index (χ2n) is 6.68. The zero-order chi connectivity index (χ0) is 14.8. The fraction of sp³-hybridized carbons (Fsp3) is 0.500. The van der Waals surface area contributed by atoms with E-state index in [9.17, 15) is 4.39 Å². The van der Waals surface area contributed by atoms with E-state index in [2.05, 4.69) is 26.5 Å². The summed E-state index contributed by atoms with van der Waals surface area (Å²) in [6.07, 6.45) is 0.282. The number of hydrogen-bond donors (Lipinski definition) is 0. The Morgan fingerprint density at radius 3 is 2.41 bits per heavy atom. The molecule has 116 valence electrons. The first-order chi connectivity index (χ1) is 10.7. The van der Waals surface area contributed by atoms with Crippen LogP contribution < -0.4 is 4.74 Å². The number of fused-ring (bicyclic) bond motifs is 1. The van der Waals surface area contributed by atoms with Crippen LogP contribution in [0.25, 0.3) is 5.57 Å². The number of allylic oxidation sites excluding steroid dienone is 1. The topological polar surface area (TPSA) is 22.2 Å². The molecule has 6 rings (SSSR count). The molecule has 4 bridgehead atoms. The minimum Gasteiger partial charge on any atom is -0.488 e. The van der Waals surface area contributed by atoms with E-state index in [1.807, 2.05) is 0 Å². The summed E-state index contributed by atoms with van der Waals surface area (Å²) in [5, 5.41) is 0. The Bertz CT molecular complexity index is 646. The van der Waals surface area contributed by atoms with Crippen LogP contribution in [0.2, 0.25) is 0 Å². The van der Waals surface area contributed by atoms with Crippen LogP contribution >= 0.6 is 0 Å². The van der Waals surface area contributed by atoms with E-state index in [4.69, 9.17) is 4.74 Å². The maximum Gasteiger partial charge on any atom is 0.127 e. The summed E-state index contributed by atoms with van der Waals surface area (Å²) in [5.41, 5.74) is 3.35. The Morgan fingerprint density at radius 1 is 1.05 bits per heavy atom.